The van der Waals surface area contributed by atoms with Crippen LogP contribution < -0.4 is 0 Å². The molecule has 0 saturated heterocycles. The van der Waals surface area contributed by atoms with Crippen molar-refractivity contribution in [3.63, 3.8) is 0 Å². The summed E-state index contributed by atoms with van der Waals surface area (Å²) in [6.07, 6.45) is 5.51. The molecule has 0 nitrogen and oxygen atoms in total. The zero-order valence-corrected chi connectivity index (χ0v) is 10.2. The molecule has 0 amide bonds. The molecule has 13 heavy (non-hydrogen) atoms. The highest BCUT2D eigenvalue weighted by Crippen LogP contribution is 2.46. The largest absolute Gasteiger partial charge is 0.126 e. The van der Waals surface area contributed by atoms with Gasteiger partial charge in [0.25, 0.3) is 0 Å². The minimum atomic E-state index is 0.333. The van der Waals surface area contributed by atoms with Crippen molar-refractivity contribution in [1.29, 1.82) is 0 Å². The molecule has 0 aromatic heterocycles. The molecule has 1 fully saturated rings. The van der Waals surface area contributed by atoms with Crippen LogP contribution in [0.25, 0.3) is 0 Å². The Morgan fingerprint density at radius 1 is 1.38 bits per heavy atom. The lowest BCUT2D eigenvalue weighted by molar-refractivity contribution is 0.0980. The summed E-state index contributed by atoms with van der Waals surface area (Å²) in [5.41, 5.74) is 0.880. The third-order valence-electron chi connectivity index (χ3n) is 3.65. The predicted molar refractivity (Wildman–Crippen MR) is 60.2 cm³/mol. The quantitative estimate of drug-likeness (QED) is 0.580. The van der Waals surface area contributed by atoms with Gasteiger partial charge in [0, 0.05) is 5.88 Å². The second-order valence-corrected chi connectivity index (χ2v) is 6.35. The monoisotopic (exact) mass is 202 g/mol. The fourth-order valence-electron chi connectivity index (χ4n) is 2.47. The van der Waals surface area contributed by atoms with Crippen molar-refractivity contribution in [3.05, 3.63) is 0 Å². The van der Waals surface area contributed by atoms with Crippen LogP contribution in [0.2, 0.25) is 0 Å². The molecule has 0 aliphatic heterocycles. The van der Waals surface area contributed by atoms with Gasteiger partial charge in [-0.1, -0.05) is 34.1 Å². The Morgan fingerprint density at radius 3 is 2.46 bits per heavy atom. The van der Waals surface area contributed by atoms with E-state index in [9.17, 15) is 0 Å². The molecule has 0 N–H and O–H groups in total. The van der Waals surface area contributed by atoms with Crippen LogP contribution in [0.4, 0.5) is 0 Å². The maximum Gasteiger partial charge on any atom is 0.0277 e. The molecule has 1 aliphatic rings. The van der Waals surface area contributed by atoms with Gasteiger partial charge in [0.1, 0.15) is 0 Å². The standard InChI is InChI=1S/C12H23Cl/c1-11(2)7-5-6-10(8-11)12(3,4)9-13/h10H,5-9H2,1-4H3. The van der Waals surface area contributed by atoms with Crippen molar-refractivity contribution in [3.8, 4) is 0 Å². The van der Waals surface area contributed by atoms with E-state index < -0.39 is 0 Å². The van der Waals surface area contributed by atoms with Gasteiger partial charge in [0.15, 0.2) is 0 Å². The van der Waals surface area contributed by atoms with Gasteiger partial charge in [-0.15, -0.1) is 11.6 Å². The molecule has 0 aromatic carbocycles. The van der Waals surface area contributed by atoms with Crippen molar-refractivity contribution in [2.24, 2.45) is 16.7 Å². The molecule has 0 heterocycles. The number of rotatable bonds is 2. The predicted octanol–water partition coefficient (Wildman–Crippen LogP) is 4.47. The molecule has 0 bridgehead atoms. The molecule has 0 spiro atoms. The molecular weight excluding hydrogens is 180 g/mol. The van der Waals surface area contributed by atoms with Crippen LogP contribution in [0, 0.1) is 16.7 Å². The Morgan fingerprint density at radius 2 is 2.00 bits per heavy atom. The lowest BCUT2D eigenvalue weighted by atomic mass is 9.64. The Labute approximate surface area is 88.1 Å². The van der Waals surface area contributed by atoms with Gasteiger partial charge in [0.2, 0.25) is 0 Å². The molecule has 78 valence electrons. The zero-order valence-electron chi connectivity index (χ0n) is 9.49. The van der Waals surface area contributed by atoms with Gasteiger partial charge in [-0.05, 0) is 36.0 Å². The van der Waals surface area contributed by atoms with Crippen LogP contribution >= 0.6 is 11.6 Å². The minimum Gasteiger partial charge on any atom is -0.126 e. The van der Waals surface area contributed by atoms with E-state index in [1.54, 1.807) is 0 Å². The average molecular weight is 203 g/mol. The first kappa shape index (κ1) is 11.4. The van der Waals surface area contributed by atoms with Crippen LogP contribution in [-0.2, 0) is 0 Å². The molecule has 0 radical (unpaired) electrons. The van der Waals surface area contributed by atoms with Gasteiger partial charge >= 0.3 is 0 Å². The van der Waals surface area contributed by atoms with E-state index in [-0.39, 0.29) is 0 Å². The summed E-state index contributed by atoms with van der Waals surface area (Å²) in [5, 5.41) is 0. The number of hydrogen-bond acceptors (Lipinski definition) is 0. The van der Waals surface area contributed by atoms with Crippen molar-refractivity contribution < 1.29 is 0 Å². The first-order valence-corrected chi connectivity index (χ1v) is 5.97. The third-order valence-corrected chi connectivity index (χ3v) is 4.34. The average Bonchev–Trinajstić information content (AvgIpc) is 2.03. The zero-order chi connectivity index (χ0) is 10.1. The molecule has 1 unspecified atom stereocenters. The van der Waals surface area contributed by atoms with Crippen LogP contribution in [0.15, 0.2) is 0 Å². The summed E-state index contributed by atoms with van der Waals surface area (Å²) in [4.78, 5) is 0. The van der Waals surface area contributed by atoms with Gasteiger partial charge in [-0.3, -0.25) is 0 Å². The number of halogens is 1. The highest BCUT2D eigenvalue weighted by atomic mass is 35.5. The van der Waals surface area contributed by atoms with Gasteiger partial charge in [-0.25, -0.2) is 0 Å². The summed E-state index contributed by atoms with van der Waals surface area (Å²) < 4.78 is 0. The lowest BCUT2D eigenvalue weighted by Crippen LogP contribution is -2.33. The summed E-state index contributed by atoms with van der Waals surface area (Å²) in [7, 11) is 0. The van der Waals surface area contributed by atoms with E-state index in [1.807, 2.05) is 0 Å². The molecule has 0 aromatic rings. The topological polar surface area (TPSA) is 0 Å². The molecule has 1 aliphatic carbocycles. The fraction of sp³-hybridized carbons (Fsp3) is 1.00. The summed E-state index contributed by atoms with van der Waals surface area (Å²) in [6, 6.07) is 0. The first-order valence-electron chi connectivity index (χ1n) is 5.43. The SMILES string of the molecule is CC1(C)CCCC(C(C)(C)CCl)C1. The highest BCUT2D eigenvalue weighted by molar-refractivity contribution is 6.18. The van der Waals surface area contributed by atoms with Gasteiger partial charge in [0.05, 0.1) is 0 Å². The Hall–Kier alpha value is 0.290. The summed E-state index contributed by atoms with van der Waals surface area (Å²) >= 11 is 6.02. The second kappa shape index (κ2) is 3.81. The van der Waals surface area contributed by atoms with Crippen LogP contribution in [-0.4, -0.2) is 5.88 Å². The van der Waals surface area contributed by atoms with Gasteiger partial charge < -0.3 is 0 Å². The smallest absolute Gasteiger partial charge is 0.0277 e. The Balaban J connectivity index is 2.61. The maximum absolute atomic E-state index is 6.02. The van der Waals surface area contributed by atoms with E-state index >= 15 is 0 Å². The van der Waals surface area contributed by atoms with E-state index in [1.165, 1.54) is 25.7 Å². The highest BCUT2D eigenvalue weighted by Gasteiger charge is 2.36. The van der Waals surface area contributed by atoms with E-state index in [0.717, 1.165) is 11.8 Å². The summed E-state index contributed by atoms with van der Waals surface area (Å²) in [6.45, 7) is 9.41. The van der Waals surface area contributed by atoms with E-state index in [4.69, 9.17) is 11.6 Å². The maximum atomic E-state index is 6.02. The van der Waals surface area contributed by atoms with Crippen LogP contribution in [0.1, 0.15) is 53.4 Å². The summed E-state index contributed by atoms with van der Waals surface area (Å²) in [5.74, 6) is 1.63. The van der Waals surface area contributed by atoms with Crippen molar-refractivity contribution >= 4 is 11.6 Å². The lowest BCUT2D eigenvalue weighted by Gasteiger charge is -2.42. The third kappa shape index (κ3) is 2.87. The molecule has 1 rings (SSSR count). The van der Waals surface area contributed by atoms with Crippen LogP contribution in [0.3, 0.4) is 0 Å². The van der Waals surface area contributed by atoms with E-state index in [0.29, 0.717) is 10.8 Å². The molecule has 1 atom stereocenters. The normalized spacial score (nSPS) is 28.8. The fourth-order valence-corrected chi connectivity index (χ4v) is 2.69. The number of hydrogen-bond donors (Lipinski definition) is 0. The van der Waals surface area contributed by atoms with Crippen LogP contribution in [0.5, 0.6) is 0 Å². The van der Waals surface area contributed by atoms with Crippen molar-refractivity contribution in [2.75, 3.05) is 5.88 Å². The van der Waals surface area contributed by atoms with Crippen molar-refractivity contribution in [2.45, 2.75) is 53.4 Å². The first-order chi connectivity index (χ1) is 5.87. The van der Waals surface area contributed by atoms with Gasteiger partial charge in [-0.2, -0.15) is 0 Å². The molecule has 1 heteroatoms. The Bertz CT molecular complexity index is 170. The Kier molecular flexibility index (Phi) is 3.33. The number of alkyl halides is 1. The van der Waals surface area contributed by atoms with Crippen molar-refractivity contribution in [1.82, 2.24) is 0 Å². The molecule has 1 saturated carbocycles. The molecular formula is C12H23Cl. The second-order valence-electron chi connectivity index (χ2n) is 6.08. The van der Waals surface area contributed by atoms with E-state index in [2.05, 4.69) is 27.7 Å². The minimum absolute atomic E-state index is 0.333.